The van der Waals surface area contributed by atoms with Gasteiger partial charge in [-0.05, 0) is 39.7 Å². The molecule has 4 nitrogen and oxygen atoms in total. The minimum atomic E-state index is 0.119. The Morgan fingerprint density at radius 3 is 2.63 bits per heavy atom. The number of piperidine rings is 1. The van der Waals surface area contributed by atoms with Crippen LogP contribution in [-0.4, -0.2) is 39.6 Å². The van der Waals surface area contributed by atoms with Gasteiger partial charge in [0.05, 0.1) is 11.2 Å². The van der Waals surface area contributed by atoms with Crippen molar-refractivity contribution in [2.24, 2.45) is 5.92 Å². The van der Waals surface area contributed by atoms with Crippen molar-refractivity contribution >= 4 is 17.4 Å². The molecule has 2 fully saturated rings. The van der Waals surface area contributed by atoms with Crippen LogP contribution in [0.1, 0.15) is 43.1 Å². The number of rotatable bonds is 3. The van der Waals surface area contributed by atoms with Gasteiger partial charge in [0.25, 0.3) is 0 Å². The first-order valence-electron chi connectivity index (χ1n) is 7.09. The Morgan fingerprint density at radius 2 is 2.05 bits per heavy atom. The van der Waals surface area contributed by atoms with Gasteiger partial charge in [0.2, 0.25) is 0 Å². The van der Waals surface area contributed by atoms with Gasteiger partial charge in [0.15, 0.2) is 5.78 Å². The third kappa shape index (κ3) is 2.11. The molecule has 0 radical (unpaired) electrons. The number of fused-ring (bicyclic) bond motifs is 2. The minimum Gasteiger partial charge on any atom is -0.300 e. The van der Waals surface area contributed by atoms with E-state index >= 15 is 0 Å². The summed E-state index contributed by atoms with van der Waals surface area (Å²) in [6.45, 7) is 2.67. The number of hydrogen-bond donors (Lipinski definition) is 0. The average Bonchev–Trinajstić information content (AvgIpc) is 2.84. The Bertz CT molecular complexity index is 485. The highest BCUT2D eigenvalue weighted by Crippen LogP contribution is 2.39. The topological polar surface area (TPSA) is 38.1 Å². The molecule has 19 heavy (non-hydrogen) atoms. The summed E-state index contributed by atoms with van der Waals surface area (Å²) in [5.74, 6) is 0.308. The van der Waals surface area contributed by atoms with E-state index in [0.717, 1.165) is 12.8 Å². The van der Waals surface area contributed by atoms with Crippen LogP contribution >= 0.6 is 11.6 Å². The predicted octanol–water partition coefficient (Wildman–Crippen LogP) is 2.61. The molecule has 2 unspecified atom stereocenters. The molecule has 0 aromatic carbocycles. The fraction of sp³-hybridized carbons (Fsp3) is 0.714. The molecule has 1 aromatic heterocycles. The summed E-state index contributed by atoms with van der Waals surface area (Å²) in [4.78, 5) is 15.2. The van der Waals surface area contributed by atoms with Crippen molar-refractivity contribution in [2.45, 2.75) is 51.2 Å². The highest BCUT2D eigenvalue weighted by molar-refractivity contribution is 6.33. The van der Waals surface area contributed by atoms with E-state index in [4.69, 9.17) is 11.6 Å². The van der Waals surface area contributed by atoms with E-state index in [1.165, 1.54) is 12.8 Å². The van der Waals surface area contributed by atoms with Gasteiger partial charge in [0, 0.05) is 24.5 Å². The summed E-state index contributed by atoms with van der Waals surface area (Å²) in [6.07, 6.45) is 5.98. The summed E-state index contributed by atoms with van der Waals surface area (Å²) in [5, 5.41) is 4.67. The first kappa shape index (κ1) is 13.1. The molecule has 3 rings (SSSR count). The largest absolute Gasteiger partial charge is 0.300 e. The molecule has 0 spiro atoms. The Hall–Kier alpha value is -0.870. The van der Waals surface area contributed by atoms with Crippen LogP contribution in [0.5, 0.6) is 0 Å². The van der Waals surface area contributed by atoms with Crippen molar-refractivity contribution in [2.75, 3.05) is 7.05 Å². The van der Waals surface area contributed by atoms with E-state index in [1.807, 2.05) is 6.92 Å². The van der Waals surface area contributed by atoms with E-state index in [-0.39, 0.29) is 11.7 Å². The van der Waals surface area contributed by atoms with Crippen LogP contribution in [0.2, 0.25) is 5.02 Å². The van der Waals surface area contributed by atoms with Crippen LogP contribution in [0.4, 0.5) is 0 Å². The van der Waals surface area contributed by atoms with Crippen molar-refractivity contribution in [3.05, 3.63) is 16.9 Å². The Balaban J connectivity index is 1.83. The maximum absolute atomic E-state index is 12.7. The second-order valence-electron chi connectivity index (χ2n) is 5.74. The number of hydrogen-bond acceptors (Lipinski definition) is 3. The highest BCUT2D eigenvalue weighted by atomic mass is 35.5. The lowest BCUT2D eigenvalue weighted by Crippen LogP contribution is -2.42. The second-order valence-corrected chi connectivity index (χ2v) is 6.15. The first-order valence-corrected chi connectivity index (χ1v) is 7.47. The highest BCUT2D eigenvalue weighted by Gasteiger charge is 2.41. The zero-order valence-electron chi connectivity index (χ0n) is 11.5. The van der Waals surface area contributed by atoms with Crippen LogP contribution < -0.4 is 0 Å². The number of ketones is 1. The normalized spacial score (nSPS) is 30.8. The van der Waals surface area contributed by atoms with E-state index in [9.17, 15) is 4.79 Å². The molecule has 2 saturated heterocycles. The number of carbonyl (C=O) groups excluding carboxylic acids is 1. The number of aromatic nitrogens is 2. The molecule has 5 heteroatoms. The van der Waals surface area contributed by atoms with E-state index in [1.54, 1.807) is 10.9 Å². The quantitative estimate of drug-likeness (QED) is 0.800. The van der Waals surface area contributed by atoms with Gasteiger partial charge in [-0.3, -0.25) is 9.48 Å². The summed E-state index contributed by atoms with van der Waals surface area (Å²) in [7, 11) is 2.19. The lowest BCUT2D eigenvalue weighted by Gasteiger charge is -2.35. The lowest BCUT2D eigenvalue weighted by molar-refractivity contribution is 0.0756. The standard InChI is InChI=1S/C14H20ClN3O/c1-3-18-13(12(15)8-16-18)14(19)9-6-10-4-5-11(7-9)17(10)2/h8-11H,3-7H2,1-2H3. The van der Waals surface area contributed by atoms with Gasteiger partial charge in [0.1, 0.15) is 5.69 Å². The fourth-order valence-corrected chi connectivity index (χ4v) is 3.90. The van der Waals surface area contributed by atoms with Crippen LogP contribution in [0, 0.1) is 5.92 Å². The van der Waals surface area contributed by atoms with Gasteiger partial charge in [-0.1, -0.05) is 11.6 Å². The minimum absolute atomic E-state index is 0.119. The monoisotopic (exact) mass is 281 g/mol. The van der Waals surface area contributed by atoms with Crippen LogP contribution in [-0.2, 0) is 6.54 Å². The number of aryl methyl sites for hydroxylation is 1. The third-order valence-electron chi connectivity index (χ3n) is 4.80. The Morgan fingerprint density at radius 1 is 1.42 bits per heavy atom. The molecule has 0 aliphatic carbocycles. The molecule has 2 aliphatic rings. The smallest absolute Gasteiger partial charge is 0.185 e. The zero-order valence-corrected chi connectivity index (χ0v) is 12.2. The van der Waals surface area contributed by atoms with Gasteiger partial charge in [-0.15, -0.1) is 0 Å². The molecule has 2 atom stereocenters. The van der Waals surface area contributed by atoms with Gasteiger partial charge in [-0.25, -0.2) is 0 Å². The van der Waals surface area contributed by atoms with E-state index in [0.29, 0.717) is 29.3 Å². The second kappa shape index (κ2) is 4.91. The summed E-state index contributed by atoms with van der Waals surface area (Å²) >= 11 is 6.14. The van der Waals surface area contributed by atoms with Crippen LogP contribution in [0.15, 0.2) is 6.20 Å². The molecule has 104 valence electrons. The van der Waals surface area contributed by atoms with Crippen molar-refractivity contribution in [1.29, 1.82) is 0 Å². The van der Waals surface area contributed by atoms with Crippen LogP contribution in [0.25, 0.3) is 0 Å². The third-order valence-corrected chi connectivity index (χ3v) is 5.07. The summed E-state index contributed by atoms with van der Waals surface area (Å²) in [6, 6.07) is 1.15. The van der Waals surface area contributed by atoms with E-state index in [2.05, 4.69) is 17.0 Å². The number of nitrogens with zero attached hydrogens (tertiary/aromatic N) is 3. The molecule has 2 bridgehead atoms. The first-order chi connectivity index (χ1) is 9.11. The predicted molar refractivity (Wildman–Crippen MR) is 74.5 cm³/mol. The van der Waals surface area contributed by atoms with Crippen molar-refractivity contribution in [1.82, 2.24) is 14.7 Å². The average molecular weight is 282 g/mol. The van der Waals surface area contributed by atoms with Gasteiger partial charge >= 0.3 is 0 Å². The molecule has 0 saturated carbocycles. The number of carbonyl (C=O) groups is 1. The lowest BCUT2D eigenvalue weighted by atomic mass is 9.86. The van der Waals surface area contributed by atoms with Crippen LogP contribution in [0.3, 0.4) is 0 Å². The zero-order chi connectivity index (χ0) is 13.6. The molecule has 0 amide bonds. The molecule has 0 N–H and O–H groups in total. The SMILES string of the molecule is CCn1ncc(Cl)c1C(=O)C1CC2CCC(C1)N2C. The number of Topliss-reactive ketones (excluding diaryl/α,β-unsaturated/α-hetero) is 1. The van der Waals surface area contributed by atoms with E-state index < -0.39 is 0 Å². The fourth-order valence-electron chi connectivity index (χ4n) is 3.67. The van der Waals surface area contributed by atoms with Gasteiger partial charge < -0.3 is 4.90 Å². The Labute approximate surface area is 118 Å². The maximum atomic E-state index is 12.7. The van der Waals surface area contributed by atoms with Crippen molar-refractivity contribution in [3.63, 3.8) is 0 Å². The maximum Gasteiger partial charge on any atom is 0.185 e. The molecule has 2 aliphatic heterocycles. The Kier molecular flexibility index (Phi) is 3.39. The molecule has 3 heterocycles. The van der Waals surface area contributed by atoms with Crippen molar-refractivity contribution < 1.29 is 4.79 Å². The van der Waals surface area contributed by atoms with Crippen molar-refractivity contribution in [3.8, 4) is 0 Å². The molecular weight excluding hydrogens is 262 g/mol. The molecular formula is C14H20ClN3O. The summed E-state index contributed by atoms with van der Waals surface area (Å²) in [5.41, 5.74) is 0.609. The van der Waals surface area contributed by atoms with Gasteiger partial charge in [-0.2, -0.15) is 5.10 Å². The summed E-state index contributed by atoms with van der Waals surface area (Å²) < 4.78 is 1.73. The number of halogens is 1. The molecule has 1 aromatic rings.